The van der Waals surface area contributed by atoms with E-state index in [1.165, 1.54) is 11.9 Å². The van der Waals surface area contributed by atoms with Gasteiger partial charge in [-0.3, -0.25) is 4.68 Å². The molecular formula is C15H15N5O. The molecule has 3 heterocycles. The lowest BCUT2D eigenvalue weighted by Gasteiger charge is -2.20. The van der Waals surface area contributed by atoms with Crippen molar-refractivity contribution in [3.05, 3.63) is 36.3 Å². The molecule has 1 aliphatic heterocycles. The van der Waals surface area contributed by atoms with Crippen LogP contribution in [0.4, 0.5) is 5.69 Å². The van der Waals surface area contributed by atoms with Crippen LogP contribution < -0.4 is 10.1 Å². The van der Waals surface area contributed by atoms with Gasteiger partial charge in [0.15, 0.2) is 11.4 Å². The standard InChI is InChI=1S/C15H15N5O/c1-20-14-11(8-19-20)15(18-9-17-14)21-12-6-2-4-10-5-3-7-16-13(10)12/h2,4,6,8-9,16H,3,5,7H2,1H3. The number of para-hydroxylation sites is 1. The van der Waals surface area contributed by atoms with Crippen LogP contribution in [0, 0.1) is 0 Å². The van der Waals surface area contributed by atoms with Gasteiger partial charge in [-0.15, -0.1) is 0 Å². The molecule has 0 unspecified atom stereocenters. The predicted molar refractivity (Wildman–Crippen MR) is 79.6 cm³/mol. The number of aromatic nitrogens is 4. The second-order valence-electron chi connectivity index (χ2n) is 5.11. The van der Waals surface area contributed by atoms with Crippen LogP contribution in [-0.4, -0.2) is 26.3 Å². The zero-order valence-corrected chi connectivity index (χ0v) is 11.7. The Morgan fingerprint density at radius 1 is 1.29 bits per heavy atom. The Labute approximate surface area is 121 Å². The van der Waals surface area contributed by atoms with Gasteiger partial charge in [0.2, 0.25) is 5.88 Å². The summed E-state index contributed by atoms with van der Waals surface area (Å²) in [6, 6.07) is 6.11. The average Bonchev–Trinajstić information content (AvgIpc) is 2.90. The number of anilines is 1. The molecule has 1 aromatic carbocycles. The Bertz CT molecular complexity index is 811. The SMILES string of the molecule is Cn1ncc2c(Oc3cccc4c3NCCC4)ncnc21. The Morgan fingerprint density at radius 2 is 2.24 bits per heavy atom. The number of hydrogen-bond donors (Lipinski definition) is 1. The number of aryl methyl sites for hydroxylation is 2. The van der Waals surface area contributed by atoms with E-state index in [9.17, 15) is 0 Å². The third-order valence-electron chi connectivity index (χ3n) is 3.74. The number of rotatable bonds is 2. The van der Waals surface area contributed by atoms with Crippen LogP contribution in [0.2, 0.25) is 0 Å². The van der Waals surface area contributed by atoms with E-state index in [4.69, 9.17) is 4.74 Å². The first-order valence-electron chi connectivity index (χ1n) is 6.99. The van der Waals surface area contributed by atoms with E-state index in [1.54, 1.807) is 10.9 Å². The van der Waals surface area contributed by atoms with Crippen molar-refractivity contribution in [2.75, 3.05) is 11.9 Å². The van der Waals surface area contributed by atoms with Gasteiger partial charge in [-0.05, 0) is 24.5 Å². The number of hydrogen-bond acceptors (Lipinski definition) is 5. The van der Waals surface area contributed by atoms with E-state index in [2.05, 4.69) is 26.4 Å². The van der Waals surface area contributed by atoms with E-state index in [0.29, 0.717) is 5.88 Å². The summed E-state index contributed by atoms with van der Waals surface area (Å²) >= 11 is 0. The van der Waals surface area contributed by atoms with Crippen molar-refractivity contribution in [3.8, 4) is 11.6 Å². The molecular weight excluding hydrogens is 266 g/mol. The first-order valence-corrected chi connectivity index (χ1v) is 6.99. The van der Waals surface area contributed by atoms with E-state index in [-0.39, 0.29) is 0 Å². The van der Waals surface area contributed by atoms with Crippen molar-refractivity contribution < 1.29 is 4.74 Å². The zero-order valence-electron chi connectivity index (χ0n) is 11.7. The first kappa shape index (κ1) is 12.1. The molecule has 0 bridgehead atoms. The summed E-state index contributed by atoms with van der Waals surface area (Å²) in [4.78, 5) is 8.47. The molecule has 0 aliphatic carbocycles. The topological polar surface area (TPSA) is 64.9 Å². The minimum absolute atomic E-state index is 0.536. The second kappa shape index (κ2) is 4.73. The van der Waals surface area contributed by atoms with Gasteiger partial charge in [0.25, 0.3) is 0 Å². The van der Waals surface area contributed by atoms with Crippen LogP contribution >= 0.6 is 0 Å². The maximum atomic E-state index is 6.04. The smallest absolute Gasteiger partial charge is 0.233 e. The summed E-state index contributed by atoms with van der Waals surface area (Å²) in [6.07, 6.45) is 5.46. The summed E-state index contributed by atoms with van der Waals surface area (Å²) in [6.45, 7) is 0.972. The van der Waals surface area contributed by atoms with Crippen molar-refractivity contribution >= 4 is 16.7 Å². The van der Waals surface area contributed by atoms with Crippen LogP contribution in [-0.2, 0) is 13.5 Å². The summed E-state index contributed by atoms with van der Waals surface area (Å²) in [5, 5.41) is 8.43. The fraction of sp³-hybridized carbons (Fsp3) is 0.267. The van der Waals surface area contributed by atoms with E-state index in [1.807, 2.05) is 19.2 Å². The predicted octanol–water partition coefficient (Wildman–Crippen LogP) is 2.51. The molecule has 0 atom stereocenters. The lowest BCUT2D eigenvalue weighted by atomic mass is 10.0. The third-order valence-corrected chi connectivity index (χ3v) is 3.74. The highest BCUT2D eigenvalue weighted by Gasteiger charge is 2.16. The number of nitrogens with zero attached hydrogens (tertiary/aromatic N) is 4. The molecule has 106 valence electrons. The second-order valence-corrected chi connectivity index (χ2v) is 5.11. The lowest BCUT2D eigenvalue weighted by Crippen LogP contribution is -2.12. The fourth-order valence-electron chi connectivity index (χ4n) is 2.69. The summed E-state index contributed by atoms with van der Waals surface area (Å²) < 4.78 is 7.75. The van der Waals surface area contributed by atoms with Gasteiger partial charge < -0.3 is 10.1 Å². The molecule has 0 saturated heterocycles. The first-order chi connectivity index (χ1) is 10.3. The third kappa shape index (κ3) is 1.99. The molecule has 4 rings (SSSR count). The molecule has 3 aromatic rings. The largest absolute Gasteiger partial charge is 0.436 e. The van der Waals surface area contributed by atoms with Gasteiger partial charge in [0.05, 0.1) is 11.9 Å². The number of nitrogens with one attached hydrogen (secondary N) is 1. The minimum atomic E-state index is 0.536. The van der Waals surface area contributed by atoms with Crippen LogP contribution in [0.5, 0.6) is 11.6 Å². The Morgan fingerprint density at radius 3 is 3.19 bits per heavy atom. The van der Waals surface area contributed by atoms with E-state index >= 15 is 0 Å². The van der Waals surface area contributed by atoms with Crippen molar-refractivity contribution in [2.24, 2.45) is 7.05 Å². The van der Waals surface area contributed by atoms with Gasteiger partial charge in [-0.25, -0.2) is 9.97 Å². The van der Waals surface area contributed by atoms with E-state index < -0.39 is 0 Å². The maximum absolute atomic E-state index is 6.04. The Kier molecular flexibility index (Phi) is 2.73. The van der Waals surface area contributed by atoms with Crippen molar-refractivity contribution in [1.29, 1.82) is 0 Å². The zero-order chi connectivity index (χ0) is 14.2. The van der Waals surface area contributed by atoms with Crippen LogP contribution in [0.15, 0.2) is 30.7 Å². The molecule has 2 aromatic heterocycles. The summed E-state index contributed by atoms with van der Waals surface area (Å²) in [5.41, 5.74) is 3.12. The molecule has 6 heteroatoms. The van der Waals surface area contributed by atoms with Crippen LogP contribution in [0.1, 0.15) is 12.0 Å². The normalized spacial score (nSPS) is 13.8. The molecule has 0 fully saturated rings. The molecule has 0 radical (unpaired) electrons. The minimum Gasteiger partial charge on any atom is -0.436 e. The monoisotopic (exact) mass is 281 g/mol. The van der Waals surface area contributed by atoms with Crippen molar-refractivity contribution in [3.63, 3.8) is 0 Å². The number of benzene rings is 1. The van der Waals surface area contributed by atoms with Crippen LogP contribution in [0.3, 0.4) is 0 Å². The van der Waals surface area contributed by atoms with Gasteiger partial charge in [0, 0.05) is 13.6 Å². The van der Waals surface area contributed by atoms with Crippen LogP contribution in [0.25, 0.3) is 11.0 Å². The molecule has 21 heavy (non-hydrogen) atoms. The quantitative estimate of drug-likeness (QED) is 0.782. The van der Waals surface area contributed by atoms with Crippen molar-refractivity contribution in [1.82, 2.24) is 19.7 Å². The number of fused-ring (bicyclic) bond motifs is 2. The molecule has 1 N–H and O–H groups in total. The summed E-state index contributed by atoms with van der Waals surface area (Å²) in [5.74, 6) is 1.34. The molecule has 0 spiro atoms. The molecule has 1 aliphatic rings. The van der Waals surface area contributed by atoms with Gasteiger partial charge in [0.1, 0.15) is 11.7 Å². The van der Waals surface area contributed by atoms with Gasteiger partial charge in [-0.2, -0.15) is 5.10 Å². The Hall–Kier alpha value is -2.63. The average molecular weight is 281 g/mol. The van der Waals surface area contributed by atoms with E-state index in [0.717, 1.165) is 41.9 Å². The molecule has 0 amide bonds. The Balaban J connectivity index is 1.78. The maximum Gasteiger partial charge on any atom is 0.233 e. The van der Waals surface area contributed by atoms with Crippen molar-refractivity contribution in [2.45, 2.75) is 12.8 Å². The number of ether oxygens (including phenoxy) is 1. The highest BCUT2D eigenvalue weighted by molar-refractivity contribution is 5.80. The van der Waals surface area contributed by atoms with Gasteiger partial charge in [-0.1, -0.05) is 12.1 Å². The fourth-order valence-corrected chi connectivity index (χ4v) is 2.69. The molecule has 0 saturated carbocycles. The molecule has 6 nitrogen and oxygen atoms in total. The highest BCUT2D eigenvalue weighted by atomic mass is 16.5. The van der Waals surface area contributed by atoms with Gasteiger partial charge >= 0.3 is 0 Å². The summed E-state index contributed by atoms with van der Waals surface area (Å²) in [7, 11) is 1.85. The highest BCUT2D eigenvalue weighted by Crippen LogP contribution is 2.36. The lowest BCUT2D eigenvalue weighted by molar-refractivity contribution is 0.468.